The van der Waals surface area contributed by atoms with Gasteiger partial charge < -0.3 is 19.5 Å². The average molecular weight is 287 g/mol. The lowest BCUT2D eigenvalue weighted by molar-refractivity contribution is -0.194. The van der Waals surface area contributed by atoms with Crippen molar-refractivity contribution in [2.75, 3.05) is 0 Å². The number of piperidine rings is 1. The minimum absolute atomic E-state index is 0.581. The fourth-order valence-electron chi connectivity index (χ4n) is 1.98. The van der Waals surface area contributed by atoms with E-state index in [-0.39, 0.29) is 0 Å². The van der Waals surface area contributed by atoms with Gasteiger partial charge in [-0.1, -0.05) is 0 Å². The molecule has 0 spiro atoms. The van der Waals surface area contributed by atoms with Crippen molar-refractivity contribution in [1.29, 1.82) is 0 Å². The number of hydrogen-bond donors (Lipinski definition) is 1. The van der Waals surface area contributed by atoms with Crippen LogP contribution in [-0.4, -0.2) is 48.2 Å². The molecule has 8 heteroatoms. The normalized spacial score (nSPS) is 29.1. The third-order valence-electron chi connectivity index (χ3n) is 2.64. The number of esters is 3. The van der Waals surface area contributed by atoms with Crippen LogP contribution in [0.3, 0.4) is 0 Å². The zero-order valence-corrected chi connectivity index (χ0v) is 11.7. The molecule has 1 fully saturated rings. The third kappa shape index (κ3) is 3.94. The van der Waals surface area contributed by atoms with Crippen molar-refractivity contribution in [2.45, 2.75) is 52.0 Å². The van der Waals surface area contributed by atoms with Gasteiger partial charge in [0.2, 0.25) is 6.10 Å². The van der Waals surface area contributed by atoms with Crippen LogP contribution in [0.15, 0.2) is 0 Å². The molecule has 112 valence electrons. The number of carbonyl (C=O) groups excluding carboxylic acids is 4. The van der Waals surface area contributed by atoms with Gasteiger partial charge in [0.25, 0.3) is 5.91 Å². The van der Waals surface area contributed by atoms with Crippen LogP contribution in [0.25, 0.3) is 0 Å². The molecule has 1 saturated heterocycles. The first-order valence-corrected chi connectivity index (χ1v) is 6.04. The Hall–Kier alpha value is -2.12. The van der Waals surface area contributed by atoms with Crippen molar-refractivity contribution in [3.8, 4) is 0 Å². The van der Waals surface area contributed by atoms with Crippen LogP contribution < -0.4 is 5.32 Å². The summed E-state index contributed by atoms with van der Waals surface area (Å²) in [5.41, 5.74) is 0. The summed E-state index contributed by atoms with van der Waals surface area (Å²) in [5, 5.41) is 2.51. The first kappa shape index (κ1) is 15.9. The zero-order chi connectivity index (χ0) is 15.4. The second-order valence-electron chi connectivity index (χ2n) is 4.48. The smallest absolute Gasteiger partial charge is 0.303 e. The van der Waals surface area contributed by atoms with Crippen LogP contribution in [0.1, 0.15) is 27.7 Å². The van der Waals surface area contributed by atoms with E-state index in [1.54, 1.807) is 6.92 Å². The van der Waals surface area contributed by atoms with E-state index in [0.717, 1.165) is 13.8 Å². The zero-order valence-electron chi connectivity index (χ0n) is 11.7. The van der Waals surface area contributed by atoms with Gasteiger partial charge in [-0.05, 0) is 6.92 Å². The van der Waals surface area contributed by atoms with Crippen molar-refractivity contribution in [3.05, 3.63) is 0 Å². The maximum atomic E-state index is 11.8. The summed E-state index contributed by atoms with van der Waals surface area (Å²) in [6.07, 6.45) is -3.46. The number of rotatable bonds is 3. The summed E-state index contributed by atoms with van der Waals surface area (Å²) in [4.78, 5) is 45.2. The standard InChI is InChI=1S/C12H17NO7/c1-5-9(18-6(2)14)10(19-7(3)15)11(12(17)13-5)20-8(4)16/h5,9-11H,1-4H3,(H,13,17)/t5-,9+,10+,11-/m1/s1. The van der Waals surface area contributed by atoms with Crippen molar-refractivity contribution in [1.82, 2.24) is 5.32 Å². The van der Waals surface area contributed by atoms with Gasteiger partial charge in [-0.15, -0.1) is 0 Å². The molecule has 0 unspecified atom stereocenters. The Morgan fingerprint density at radius 2 is 1.35 bits per heavy atom. The SMILES string of the molecule is CC(=O)O[C@@H]1[C@H](OC(C)=O)[C@@H](OC(C)=O)C(=O)N[C@@H]1C. The summed E-state index contributed by atoms with van der Waals surface area (Å²) in [6, 6.07) is -0.581. The molecule has 1 amide bonds. The Bertz CT molecular complexity index is 434. The predicted octanol–water partition coefficient (Wildman–Crippen LogP) is -0.700. The molecular weight excluding hydrogens is 270 g/mol. The van der Waals surface area contributed by atoms with Crippen LogP contribution in [-0.2, 0) is 33.4 Å². The van der Waals surface area contributed by atoms with Crippen LogP contribution in [0, 0.1) is 0 Å². The van der Waals surface area contributed by atoms with Gasteiger partial charge >= 0.3 is 17.9 Å². The van der Waals surface area contributed by atoms with Gasteiger partial charge in [-0.25, -0.2) is 0 Å². The second kappa shape index (κ2) is 6.36. The van der Waals surface area contributed by atoms with Crippen LogP contribution >= 0.6 is 0 Å². The maximum absolute atomic E-state index is 11.8. The Labute approximate surface area is 115 Å². The molecule has 1 aliphatic rings. The largest absolute Gasteiger partial charge is 0.456 e. The van der Waals surface area contributed by atoms with Gasteiger partial charge in [0, 0.05) is 20.8 Å². The van der Waals surface area contributed by atoms with Crippen molar-refractivity contribution < 1.29 is 33.4 Å². The minimum Gasteiger partial charge on any atom is -0.456 e. The van der Waals surface area contributed by atoms with Crippen molar-refractivity contribution in [3.63, 3.8) is 0 Å². The fraction of sp³-hybridized carbons (Fsp3) is 0.667. The molecule has 0 bridgehead atoms. The molecule has 8 nitrogen and oxygen atoms in total. The van der Waals surface area contributed by atoms with E-state index in [1.807, 2.05) is 0 Å². The Balaban J connectivity index is 3.05. The predicted molar refractivity (Wildman–Crippen MR) is 64.3 cm³/mol. The molecule has 0 aromatic carbocycles. The highest BCUT2D eigenvalue weighted by Crippen LogP contribution is 2.21. The van der Waals surface area contributed by atoms with Crippen LogP contribution in [0.4, 0.5) is 0 Å². The number of carbonyl (C=O) groups is 4. The Kier molecular flexibility index (Phi) is 5.06. The van der Waals surface area contributed by atoms with E-state index in [4.69, 9.17) is 14.2 Å². The molecule has 0 aliphatic carbocycles. The van der Waals surface area contributed by atoms with E-state index in [0.29, 0.717) is 0 Å². The highest BCUT2D eigenvalue weighted by atomic mass is 16.6. The van der Waals surface area contributed by atoms with E-state index >= 15 is 0 Å². The van der Waals surface area contributed by atoms with E-state index in [1.165, 1.54) is 6.92 Å². The lowest BCUT2D eigenvalue weighted by Crippen LogP contribution is -2.64. The van der Waals surface area contributed by atoms with Crippen LogP contribution in [0.2, 0.25) is 0 Å². The molecule has 1 rings (SSSR count). The van der Waals surface area contributed by atoms with Gasteiger partial charge in [-0.3, -0.25) is 19.2 Å². The summed E-state index contributed by atoms with van der Waals surface area (Å²) in [7, 11) is 0. The number of nitrogens with one attached hydrogen (secondary N) is 1. The number of ether oxygens (including phenoxy) is 3. The van der Waals surface area contributed by atoms with Crippen LogP contribution in [0.5, 0.6) is 0 Å². The second-order valence-corrected chi connectivity index (χ2v) is 4.48. The maximum Gasteiger partial charge on any atom is 0.303 e. The van der Waals surface area contributed by atoms with Gasteiger partial charge in [0.05, 0.1) is 6.04 Å². The monoisotopic (exact) mass is 287 g/mol. The van der Waals surface area contributed by atoms with Gasteiger partial charge in [-0.2, -0.15) is 0 Å². The molecule has 0 aromatic heterocycles. The molecule has 0 saturated carbocycles. The summed E-state index contributed by atoms with van der Waals surface area (Å²) >= 11 is 0. The first-order chi connectivity index (χ1) is 9.22. The molecule has 0 radical (unpaired) electrons. The summed E-state index contributed by atoms with van der Waals surface area (Å²) < 4.78 is 14.9. The number of hydrogen-bond acceptors (Lipinski definition) is 7. The summed E-state index contributed by atoms with van der Waals surface area (Å²) in [5.74, 6) is -2.59. The quantitative estimate of drug-likeness (QED) is 0.540. The lowest BCUT2D eigenvalue weighted by Gasteiger charge is -2.39. The topological polar surface area (TPSA) is 108 Å². The van der Waals surface area contributed by atoms with E-state index < -0.39 is 48.2 Å². The third-order valence-corrected chi connectivity index (χ3v) is 2.64. The minimum atomic E-state index is -1.35. The molecule has 0 aromatic rings. The molecule has 1 aliphatic heterocycles. The van der Waals surface area contributed by atoms with Gasteiger partial charge in [0.1, 0.15) is 0 Å². The fourth-order valence-corrected chi connectivity index (χ4v) is 1.98. The average Bonchev–Trinajstić information content (AvgIpc) is 2.27. The highest BCUT2D eigenvalue weighted by molar-refractivity contribution is 5.86. The molecule has 4 atom stereocenters. The lowest BCUT2D eigenvalue weighted by atomic mass is 9.96. The van der Waals surface area contributed by atoms with Gasteiger partial charge in [0.15, 0.2) is 12.2 Å². The molecule has 20 heavy (non-hydrogen) atoms. The molecule has 1 N–H and O–H groups in total. The van der Waals surface area contributed by atoms with E-state index in [2.05, 4.69) is 5.32 Å². The van der Waals surface area contributed by atoms with Crippen molar-refractivity contribution in [2.24, 2.45) is 0 Å². The molecule has 1 heterocycles. The highest BCUT2D eigenvalue weighted by Gasteiger charge is 2.48. The van der Waals surface area contributed by atoms with Crippen molar-refractivity contribution >= 4 is 23.8 Å². The first-order valence-electron chi connectivity index (χ1n) is 6.04. The summed E-state index contributed by atoms with van der Waals surface area (Å²) in [6.45, 7) is 5.05. The Morgan fingerprint density at radius 3 is 1.80 bits per heavy atom. The molecular formula is C12H17NO7. The van der Waals surface area contributed by atoms with E-state index in [9.17, 15) is 19.2 Å². The Morgan fingerprint density at radius 1 is 0.900 bits per heavy atom. The number of amides is 1.